The van der Waals surface area contributed by atoms with E-state index in [1.165, 1.54) is 6.20 Å². The SMILES string of the molecule is Cc1c(C(=O)NOC2CCCCO2)cnn1-c1ccc(Br)cc1. The van der Waals surface area contributed by atoms with E-state index in [-0.39, 0.29) is 12.2 Å². The van der Waals surface area contributed by atoms with Crippen LogP contribution >= 0.6 is 15.9 Å². The lowest BCUT2D eigenvalue weighted by atomic mass is 10.2. The number of amides is 1. The molecule has 1 saturated heterocycles. The van der Waals surface area contributed by atoms with Crippen LogP contribution in [0.25, 0.3) is 5.69 Å². The zero-order valence-electron chi connectivity index (χ0n) is 12.8. The fraction of sp³-hybridized carbons (Fsp3) is 0.375. The summed E-state index contributed by atoms with van der Waals surface area (Å²) in [4.78, 5) is 17.6. The molecule has 1 N–H and O–H groups in total. The van der Waals surface area contributed by atoms with Gasteiger partial charge in [0, 0.05) is 17.5 Å². The highest BCUT2D eigenvalue weighted by atomic mass is 79.9. The first-order valence-corrected chi connectivity index (χ1v) is 8.32. The highest BCUT2D eigenvalue weighted by Gasteiger charge is 2.19. The number of benzene rings is 1. The van der Waals surface area contributed by atoms with E-state index < -0.39 is 0 Å². The van der Waals surface area contributed by atoms with Gasteiger partial charge >= 0.3 is 0 Å². The van der Waals surface area contributed by atoms with Crippen molar-refractivity contribution in [2.24, 2.45) is 0 Å². The molecule has 0 bridgehead atoms. The highest BCUT2D eigenvalue weighted by Crippen LogP contribution is 2.18. The summed E-state index contributed by atoms with van der Waals surface area (Å²) < 4.78 is 8.13. The maximum absolute atomic E-state index is 12.3. The van der Waals surface area contributed by atoms with E-state index in [0.717, 1.165) is 35.1 Å². The van der Waals surface area contributed by atoms with Crippen LogP contribution in [0.2, 0.25) is 0 Å². The lowest BCUT2D eigenvalue weighted by Crippen LogP contribution is -2.33. The predicted octanol–water partition coefficient (Wildman–Crippen LogP) is 3.13. The number of hydrogen-bond acceptors (Lipinski definition) is 4. The molecule has 1 atom stereocenters. The van der Waals surface area contributed by atoms with Crippen LogP contribution in [0.1, 0.15) is 35.3 Å². The van der Waals surface area contributed by atoms with Gasteiger partial charge in [-0.25, -0.2) is 15.0 Å². The summed E-state index contributed by atoms with van der Waals surface area (Å²) in [5, 5.41) is 4.29. The minimum Gasteiger partial charge on any atom is -0.350 e. The molecule has 0 saturated carbocycles. The zero-order chi connectivity index (χ0) is 16.2. The molecule has 1 aromatic heterocycles. The van der Waals surface area contributed by atoms with E-state index in [9.17, 15) is 4.79 Å². The molecule has 2 aromatic rings. The quantitative estimate of drug-likeness (QED) is 0.828. The van der Waals surface area contributed by atoms with Gasteiger partial charge < -0.3 is 4.74 Å². The molecule has 6 nitrogen and oxygen atoms in total. The van der Waals surface area contributed by atoms with Gasteiger partial charge in [0.05, 0.1) is 23.1 Å². The molecule has 1 fully saturated rings. The lowest BCUT2D eigenvalue weighted by Gasteiger charge is -2.22. The highest BCUT2D eigenvalue weighted by molar-refractivity contribution is 9.10. The molecule has 1 aromatic carbocycles. The Kier molecular flexibility index (Phi) is 5.09. The molecular formula is C16H18BrN3O3. The molecule has 0 radical (unpaired) electrons. The summed E-state index contributed by atoms with van der Waals surface area (Å²) in [6, 6.07) is 7.72. The summed E-state index contributed by atoms with van der Waals surface area (Å²) in [6.07, 6.45) is 4.04. The molecule has 1 aliphatic heterocycles. The van der Waals surface area contributed by atoms with Crippen molar-refractivity contribution in [1.29, 1.82) is 0 Å². The first-order valence-electron chi connectivity index (χ1n) is 7.53. The van der Waals surface area contributed by atoms with Crippen LogP contribution in [0.4, 0.5) is 0 Å². The van der Waals surface area contributed by atoms with Crippen molar-refractivity contribution in [1.82, 2.24) is 15.3 Å². The number of halogens is 1. The molecule has 23 heavy (non-hydrogen) atoms. The first-order chi connectivity index (χ1) is 11.1. The Labute approximate surface area is 142 Å². The van der Waals surface area contributed by atoms with Crippen LogP contribution < -0.4 is 5.48 Å². The van der Waals surface area contributed by atoms with Crippen LogP contribution in [0.15, 0.2) is 34.9 Å². The van der Waals surface area contributed by atoms with Crippen LogP contribution in [0, 0.1) is 6.92 Å². The smallest absolute Gasteiger partial charge is 0.278 e. The molecule has 1 unspecified atom stereocenters. The maximum Gasteiger partial charge on any atom is 0.278 e. The van der Waals surface area contributed by atoms with Crippen molar-refractivity contribution < 1.29 is 14.4 Å². The van der Waals surface area contributed by atoms with E-state index in [0.29, 0.717) is 12.2 Å². The Morgan fingerprint density at radius 3 is 2.87 bits per heavy atom. The fourth-order valence-corrected chi connectivity index (χ4v) is 2.72. The van der Waals surface area contributed by atoms with Gasteiger partial charge in [-0.3, -0.25) is 4.79 Å². The lowest BCUT2D eigenvalue weighted by molar-refractivity contribution is -0.186. The average Bonchev–Trinajstić information content (AvgIpc) is 2.96. The third-order valence-electron chi connectivity index (χ3n) is 3.75. The van der Waals surface area contributed by atoms with Crippen LogP contribution in [0.5, 0.6) is 0 Å². The Morgan fingerprint density at radius 1 is 1.39 bits per heavy atom. The van der Waals surface area contributed by atoms with Gasteiger partial charge in [0.2, 0.25) is 0 Å². The molecule has 2 heterocycles. The zero-order valence-corrected chi connectivity index (χ0v) is 14.4. The van der Waals surface area contributed by atoms with Gasteiger partial charge in [-0.15, -0.1) is 0 Å². The van der Waals surface area contributed by atoms with Crippen molar-refractivity contribution >= 4 is 21.8 Å². The first kappa shape index (κ1) is 16.2. The van der Waals surface area contributed by atoms with Gasteiger partial charge in [-0.1, -0.05) is 15.9 Å². The minimum atomic E-state index is -0.366. The Balaban J connectivity index is 1.68. The summed E-state index contributed by atoms with van der Waals surface area (Å²) in [6.45, 7) is 2.52. The molecule has 122 valence electrons. The molecule has 1 aliphatic rings. The second-order valence-electron chi connectivity index (χ2n) is 5.38. The standard InChI is InChI=1S/C16H18BrN3O3/c1-11-14(16(21)19-23-15-4-2-3-9-22-15)10-18-20(11)13-7-5-12(17)6-8-13/h5-8,10,15H,2-4,9H2,1H3,(H,19,21). The predicted molar refractivity (Wildman–Crippen MR) is 88.1 cm³/mol. The van der Waals surface area contributed by atoms with Crippen molar-refractivity contribution in [3.63, 3.8) is 0 Å². The molecule has 7 heteroatoms. The van der Waals surface area contributed by atoms with Crippen molar-refractivity contribution in [3.8, 4) is 5.69 Å². The summed E-state index contributed by atoms with van der Waals surface area (Å²) in [5.74, 6) is -0.319. The van der Waals surface area contributed by atoms with E-state index in [4.69, 9.17) is 9.57 Å². The topological polar surface area (TPSA) is 65.4 Å². The monoisotopic (exact) mass is 379 g/mol. The van der Waals surface area contributed by atoms with Crippen molar-refractivity contribution in [3.05, 3.63) is 46.2 Å². The normalized spacial score (nSPS) is 17.9. The van der Waals surface area contributed by atoms with Gasteiger partial charge in [0.1, 0.15) is 0 Å². The molecular weight excluding hydrogens is 362 g/mol. The fourth-order valence-electron chi connectivity index (χ4n) is 2.45. The summed E-state index contributed by atoms with van der Waals surface area (Å²) in [7, 11) is 0. The number of nitrogens with one attached hydrogen (secondary N) is 1. The van der Waals surface area contributed by atoms with E-state index >= 15 is 0 Å². The molecule has 0 spiro atoms. The second-order valence-corrected chi connectivity index (χ2v) is 6.29. The van der Waals surface area contributed by atoms with Gasteiger partial charge in [0.25, 0.3) is 5.91 Å². The summed E-state index contributed by atoms with van der Waals surface area (Å²) >= 11 is 3.40. The Hall–Kier alpha value is -1.70. The average molecular weight is 380 g/mol. The van der Waals surface area contributed by atoms with Crippen LogP contribution in [-0.2, 0) is 9.57 Å². The third kappa shape index (κ3) is 3.80. The maximum atomic E-state index is 12.3. The van der Waals surface area contributed by atoms with Crippen molar-refractivity contribution in [2.75, 3.05) is 6.61 Å². The number of hydrogen-bond donors (Lipinski definition) is 1. The minimum absolute atomic E-state index is 0.319. The Bertz CT molecular complexity index is 678. The summed E-state index contributed by atoms with van der Waals surface area (Å²) in [5.41, 5.74) is 4.57. The van der Waals surface area contributed by atoms with E-state index in [1.54, 1.807) is 4.68 Å². The number of carbonyl (C=O) groups is 1. The Morgan fingerprint density at radius 2 is 2.17 bits per heavy atom. The molecule has 3 rings (SSSR count). The third-order valence-corrected chi connectivity index (χ3v) is 4.28. The van der Waals surface area contributed by atoms with E-state index in [2.05, 4.69) is 26.5 Å². The van der Waals surface area contributed by atoms with Gasteiger partial charge in [0.15, 0.2) is 6.29 Å². The number of ether oxygens (including phenoxy) is 1. The largest absolute Gasteiger partial charge is 0.350 e. The van der Waals surface area contributed by atoms with Crippen LogP contribution in [-0.4, -0.2) is 28.6 Å². The van der Waals surface area contributed by atoms with Gasteiger partial charge in [-0.2, -0.15) is 5.10 Å². The second kappa shape index (κ2) is 7.25. The number of aromatic nitrogens is 2. The van der Waals surface area contributed by atoms with Crippen LogP contribution in [0.3, 0.4) is 0 Å². The van der Waals surface area contributed by atoms with Crippen molar-refractivity contribution in [2.45, 2.75) is 32.5 Å². The van der Waals surface area contributed by atoms with Gasteiger partial charge in [-0.05, 0) is 44.0 Å². The number of carbonyl (C=O) groups excluding carboxylic acids is 1. The number of rotatable bonds is 4. The molecule has 0 aliphatic carbocycles. The van der Waals surface area contributed by atoms with E-state index in [1.807, 2.05) is 31.2 Å². The number of hydroxylamine groups is 1. The number of nitrogens with zero attached hydrogens (tertiary/aromatic N) is 2. The molecule has 1 amide bonds.